The number of nitrogens with zero attached hydrogens (tertiary/aromatic N) is 1. The van der Waals surface area contributed by atoms with Crippen molar-refractivity contribution in [3.05, 3.63) is 29.3 Å². The summed E-state index contributed by atoms with van der Waals surface area (Å²) in [5, 5.41) is 11.5. The average molecular weight is 422 g/mol. The zero-order valence-electron chi connectivity index (χ0n) is 19.4. The number of fused-ring (bicyclic) bond motifs is 2. The van der Waals surface area contributed by atoms with Gasteiger partial charge in [0, 0.05) is 13.0 Å². The zero-order valence-corrected chi connectivity index (χ0v) is 19.4. The van der Waals surface area contributed by atoms with Crippen LogP contribution in [-0.2, 0) is 25.9 Å². The lowest BCUT2D eigenvalue weighted by atomic mass is 9.66. The highest BCUT2D eigenvalue weighted by atomic mass is 16.7. The number of aryl methyl sites for hydroxylation is 1. The van der Waals surface area contributed by atoms with Gasteiger partial charge in [-0.3, -0.25) is 4.79 Å². The summed E-state index contributed by atoms with van der Waals surface area (Å²) in [6.45, 7) is 8.84. The van der Waals surface area contributed by atoms with Gasteiger partial charge in [-0.15, -0.1) is 0 Å². The van der Waals surface area contributed by atoms with Crippen LogP contribution >= 0.6 is 0 Å². The predicted molar refractivity (Wildman–Crippen MR) is 122 cm³/mol. The lowest BCUT2D eigenvalue weighted by Crippen LogP contribution is -2.41. The van der Waals surface area contributed by atoms with E-state index in [1.54, 1.807) is 0 Å². The maximum atomic E-state index is 12.1. The van der Waals surface area contributed by atoms with Crippen molar-refractivity contribution < 1.29 is 14.1 Å². The molecular weight excluding hydrogens is 387 g/mol. The van der Waals surface area contributed by atoms with Crippen LogP contribution < -0.4 is 10.8 Å². The number of nitriles is 1. The Bertz CT molecular complexity index is 865. The summed E-state index contributed by atoms with van der Waals surface area (Å²) < 4.78 is 12.5. The molecule has 166 valence electrons. The van der Waals surface area contributed by atoms with E-state index in [1.165, 1.54) is 17.5 Å². The molecule has 0 aromatic heterocycles. The summed E-state index contributed by atoms with van der Waals surface area (Å²) in [6.07, 6.45) is 7.81. The third-order valence-corrected chi connectivity index (χ3v) is 8.19. The Morgan fingerprint density at radius 2 is 1.84 bits per heavy atom. The van der Waals surface area contributed by atoms with Crippen LogP contribution in [0.25, 0.3) is 0 Å². The van der Waals surface area contributed by atoms with Crippen molar-refractivity contribution >= 4 is 18.5 Å². The van der Waals surface area contributed by atoms with Gasteiger partial charge in [0.05, 0.1) is 23.7 Å². The number of amides is 1. The van der Waals surface area contributed by atoms with Gasteiger partial charge in [0.25, 0.3) is 0 Å². The van der Waals surface area contributed by atoms with Gasteiger partial charge in [0.2, 0.25) is 5.91 Å². The molecule has 2 fully saturated rings. The van der Waals surface area contributed by atoms with Gasteiger partial charge in [-0.1, -0.05) is 18.2 Å². The lowest BCUT2D eigenvalue weighted by molar-refractivity contribution is -0.122. The van der Waals surface area contributed by atoms with E-state index < -0.39 is 0 Å². The summed E-state index contributed by atoms with van der Waals surface area (Å²) in [7, 11) is -0.304. The molecule has 1 saturated carbocycles. The van der Waals surface area contributed by atoms with Gasteiger partial charge in [-0.05, 0) is 94.1 Å². The van der Waals surface area contributed by atoms with E-state index in [0.29, 0.717) is 25.3 Å². The van der Waals surface area contributed by atoms with E-state index in [-0.39, 0.29) is 29.6 Å². The second kappa shape index (κ2) is 8.26. The smallest absolute Gasteiger partial charge is 0.399 e. The van der Waals surface area contributed by atoms with Gasteiger partial charge in [-0.25, -0.2) is 0 Å². The molecule has 1 aliphatic heterocycles. The standard InChI is InChI=1S/C25H35BN2O3/c1-23(2)24(3,4)31-26(30-23)20-6-7-21-19(17-20)10-13-25(21)11-8-18(9-12-25)16-22(29)28-15-5-14-27/h6-7,17-18H,5,8-13,15-16H2,1-4H3,(H,28,29)/t18-,25-. The molecular formula is C25H35BN2O3. The molecule has 1 heterocycles. The number of carbonyl (C=O) groups excluding carboxylic acids is 1. The number of benzene rings is 1. The molecule has 1 aromatic rings. The molecule has 1 spiro atoms. The van der Waals surface area contributed by atoms with Crippen LogP contribution in [-0.4, -0.2) is 30.8 Å². The quantitative estimate of drug-likeness (QED) is 0.579. The second-order valence-corrected chi connectivity index (χ2v) is 10.7. The molecule has 1 aromatic carbocycles. The number of rotatable bonds is 5. The number of carbonyl (C=O) groups is 1. The molecule has 6 heteroatoms. The fraction of sp³-hybridized carbons (Fsp3) is 0.680. The van der Waals surface area contributed by atoms with E-state index in [2.05, 4.69) is 57.3 Å². The van der Waals surface area contributed by atoms with Crippen molar-refractivity contribution in [3.63, 3.8) is 0 Å². The number of nitrogens with one attached hydrogen (secondary N) is 1. The fourth-order valence-corrected chi connectivity index (χ4v) is 5.52. The van der Waals surface area contributed by atoms with Crippen molar-refractivity contribution in [1.29, 1.82) is 5.26 Å². The summed E-state index contributed by atoms with van der Waals surface area (Å²) in [5.74, 6) is 0.552. The molecule has 2 aliphatic carbocycles. The van der Waals surface area contributed by atoms with E-state index >= 15 is 0 Å². The number of hydrogen-bond donors (Lipinski definition) is 1. The first kappa shape index (κ1) is 22.4. The van der Waals surface area contributed by atoms with Gasteiger partial charge in [0.15, 0.2) is 0 Å². The lowest BCUT2D eigenvalue weighted by Gasteiger charge is -2.38. The Kier molecular flexibility index (Phi) is 5.96. The normalized spacial score (nSPS) is 28.4. The molecule has 0 unspecified atom stereocenters. The van der Waals surface area contributed by atoms with Crippen molar-refractivity contribution in [3.8, 4) is 6.07 Å². The van der Waals surface area contributed by atoms with Crippen LogP contribution in [0.3, 0.4) is 0 Å². The summed E-state index contributed by atoms with van der Waals surface area (Å²) >= 11 is 0. The van der Waals surface area contributed by atoms with Crippen LogP contribution in [0.2, 0.25) is 0 Å². The predicted octanol–water partition coefficient (Wildman–Crippen LogP) is 3.78. The molecule has 5 nitrogen and oxygen atoms in total. The highest BCUT2D eigenvalue weighted by Crippen LogP contribution is 2.50. The molecule has 4 rings (SSSR count). The Morgan fingerprint density at radius 1 is 1.16 bits per heavy atom. The Hall–Kier alpha value is -1.84. The van der Waals surface area contributed by atoms with Crippen LogP contribution in [0.5, 0.6) is 0 Å². The topological polar surface area (TPSA) is 71.3 Å². The Balaban J connectivity index is 1.39. The molecule has 1 N–H and O–H groups in total. The molecule has 0 bridgehead atoms. The third-order valence-electron chi connectivity index (χ3n) is 8.19. The van der Waals surface area contributed by atoms with Crippen molar-refractivity contribution in [2.24, 2.45) is 5.92 Å². The Labute approximate surface area is 187 Å². The highest BCUT2D eigenvalue weighted by molar-refractivity contribution is 6.62. The van der Waals surface area contributed by atoms with E-state index in [1.807, 2.05) is 0 Å². The minimum absolute atomic E-state index is 0.0927. The SMILES string of the molecule is CC1(C)OB(c2ccc3c(c2)CC[C@]32CC[C@@H](CC(=O)NCCC#N)CC2)OC1(C)C. The Morgan fingerprint density at radius 3 is 2.48 bits per heavy atom. The number of hydrogen-bond acceptors (Lipinski definition) is 4. The maximum absolute atomic E-state index is 12.1. The van der Waals surface area contributed by atoms with Crippen molar-refractivity contribution in [2.45, 2.75) is 95.7 Å². The van der Waals surface area contributed by atoms with Gasteiger partial charge in [0.1, 0.15) is 0 Å². The highest BCUT2D eigenvalue weighted by Gasteiger charge is 2.52. The van der Waals surface area contributed by atoms with E-state index in [4.69, 9.17) is 14.6 Å². The van der Waals surface area contributed by atoms with E-state index in [9.17, 15) is 4.79 Å². The zero-order chi connectivity index (χ0) is 22.3. The molecule has 3 aliphatic rings. The second-order valence-electron chi connectivity index (χ2n) is 10.7. The average Bonchev–Trinajstić information content (AvgIpc) is 3.17. The van der Waals surface area contributed by atoms with Gasteiger partial charge in [-0.2, -0.15) is 5.26 Å². The summed E-state index contributed by atoms with van der Waals surface area (Å²) in [6, 6.07) is 8.89. The van der Waals surface area contributed by atoms with Gasteiger partial charge < -0.3 is 14.6 Å². The minimum Gasteiger partial charge on any atom is -0.399 e. The molecule has 31 heavy (non-hydrogen) atoms. The first-order valence-corrected chi connectivity index (χ1v) is 11.8. The van der Waals surface area contributed by atoms with Crippen LogP contribution in [0, 0.1) is 17.2 Å². The third kappa shape index (κ3) is 4.27. The van der Waals surface area contributed by atoms with Gasteiger partial charge >= 0.3 is 7.12 Å². The summed E-state index contributed by atoms with van der Waals surface area (Å²) in [5.41, 5.74) is 3.70. The molecule has 0 atom stereocenters. The van der Waals surface area contributed by atoms with Crippen molar-refractivity contribution in [1.82, 2.24) is 5.32 Å². The molecule has 1 saturated heterocycles. The largest absolute Gasteiger partial charge is 0.494 e. The molecule has 1 amide bonds. The summed E-state index contributed by atoms with van der Waals surface area (Å²) in [4.78, 5) is 12.1. The van der Waals surface area contributed by atoms with E-state index in [0.717, 1.165) is 37.6 Å². The van der Waals surface area contributed by atoms with Crippen LogP contribution in [0.15, 0.2) is 18.2 Å². The van der Waals surface area contributed by atoms with Crippen LogP contribution in [0.1, 0.15) is 83.8 Å². The monoisotopic (exact) mass is 422 g/mol. The fourth-order valence-electron chi connectivity index (χ4n) is 5.52. The maximum Gasteiger partial charge on any atom is 0.494 e. The first-order valence-electron chi connectivity index (χ1n) is 11.8. The van der Waals surface area contributed by atoms with Crippen molar-refractivity contribution in [2.75, 3.05) is 6.54 Å². The first-order chi connectivity index (χ1) is 14.7. The minimum atomic E-state index is -0.322. The van der Waals surface area contributed by atoms with Crippen LogP contribution in [0.4, 0.5) is 0 Å². The molecule has 0 radical (unpaired) electrons.